The fourth-order valence-corrected chi connectivity index (χ4v) is 3.21. The number of carbonyl (C=O) groups is 2. The fourth-order valence-electron chi connectivity index (χ4n) is 3.21. The number of nitrogens with two attached hydrogens (primary N) is 1. The second kappa shape index (κ2) is 11.8. The van der Waals surface area contributed by atoms with E-state index in [0.717, 1.165) is 21.4 Å². The van der Waals surface area contributed by atoms with Gasteiger partial charge in [0.15, 0.2) is 0 Å². The average molecular weight is 549 g/mol. The summed E-state index contributed by atoms with van der Waals surface area (Å²) in [5, 5.41) is 18.6. The molecule has 0 atom stereocenters. The molecule has 12 nitrogen and oxygen atoms in total. The molecule has 0 radical (unpaired) electrons. The highest BCUT2D eigenvalue weighted by molar-refractivity contribution is 5.74. The van der Waals surface area contributed by atoms with E-state index in [1.54, 1.807) is 57.4 Å². The third-order valence-electron chi connectivity index (χ3n) is 4.98. The molecule has 40 heavy (non-hydrogen) atoms. The van der Waals surface area contributed by atoms with Gasteiger partial charge in [0.1, 0.15) is 11.2 Å². The van der Waals surface area contributed by atoms with E-state index in [9.17, 15) is 19.7 Å². The first-order valence-corrected chi connectivity index (χ1v) is 12.3. The topological polar surface area (TPSA) is 157 Å². The molecule has 0 aliphatic heterocycles. The highest BCUT2D eigenvalue weighted by atomic mass is 16.6. The van der Waals surface area contributed by atoms with E-state index in [4.69, 9.17) is 15.2 Å². The molecule has 4 aromatic rings. The van der Waals surface area contributed by atoms with E-state index in [2.05, 4.69) is 10.2 Å². The summed E-state index contributed by atoms with van der Waals surface area (Å²) < 4.78 is 12.7. The molecule has 0 unspecified atom stereocenters. The van der Waals surface area contributed by atoms with Crippen LogP contribution in [0.5, 0.6) is 0 Å². The maximum atomic E-state index is 11.8. The maximum absolute atomic E-state index is 11.8. The molecule has 0 saturated carbocycles. The lowest BCUT2D eigenvalue weighted by Gasteiger charge is -2.18. The standard InChI is InChI=1S/C14H15N3O4.C14H17N3O2/c1-14(2,3)21-13(18)16-9-11(8-15-16)10-4-6-12(7-5-10)17(19)20;1-14(2,3)19-13(18)17-9-11(8-16-17)10-4-6-12(15)7-5-10/h4-9H,1-3H3;4-9H,15H2,1-3H3. The Labute approximate surface area is 231 Å². The van der Waals surface area contributed by atoms with Crippen LogP contribution in [0.2, 0.25) is 0 Å². The summed E-state index contributed by atoms with van der Waals surface area (Å²) in [6.45, 7) is 10.8. The Kier molecular flexibility index (Phi) is 8.72. The molecule has 0 saturated heterocycles. The Morgan fingerprint density at radius 1 is 0.725 bits per heavy atom. The maximum Gasteiger partial charge on any atom is 0.435 e. The van der Waals surface area contributed by atoms with Crippen molar-refractivity contribution in [2.24, 2.45) is 0 Å². The molecule has 2 aromatic carbocycles. The number of nitrogens with zero attached hydrogens (tertiary/aromatic N) is 5. The summed E-state index contributed by atoms with van der Waals surface area (Å²) in [7, 11) is 0. The largest absolute Gasteiger partial charge is 0.442 e. The fraction of sp³-hybridized carbons (Fsp3) is 0.286. The van der Waals surface area contributed by atoms with Crippen LogP contribution in [0.3, 0.4) is 0 Å². The summed E-state index contributed by atoms with van der Waals surface area (Å²) >= 11 is 0. The zero-order chi connectivity index (χ0) is 29.7. The van der Waals surface area contributed by atoms with Crippen molar-refractivity contribution in [1.29, 1.82) is 0 Å². The SMILES string of the molecule is CC(C)(C)OC(=O)n1cc(-c2ccc(N)cc2)cn1.CC(C)(C)OC(=O)n1cc(-c2ccc([N+](=O)[O-])cc2)cn1. The van der Waals surface area contributed by atoms with Crippen molar-refractivity contribution in [2.75, 3.05) is 5.73 Å². The van der Waals surface area contributed by atoms with Gasteiger partial charge in [-0.2, -0.15) is 19.6 Å². The number of anilines is 1. The quantitative estimate of drug-likeness (QED) is 0.180. The Morgan fingerprint density at radius 3 is 1.45 bits per heavy atom. The minimum absolute atomic E-state index is 0.0123. The summed E-state index contributed by atoms with van der Waals surface area (Å²) in [5.74, 6) is 0. The second-order valence-corrected chi connectivity index (χ2v) is 10.7. The Morgan fingerprint density at radius 2 is 1.10 bits per heavy atom. The highest BCUT2D eigenvalue weighted by Crippen LogP contribution is 2.23. The molecule has 0 spiro atoms. The van der Waals surface area contributed by atoms with E-state index in [1.165, 1.54) is 29.2 Å². The van der Waals surface area contributed by atoms with Crippen molar-refractivity contribution >= 4 is 23.6 Å². The normalized spacial score (nSPS) is 11.2. The lowest BCUT2D eigenvalue weighted by atomic mass is 10.1. The lowest BCUT2D eigenvalue weighted by molar-refractivity contribution is -0.384. The molecule has 0 bridgehead atoms. The molecule has 0 amide bonds. The van der Waals surface area contributed by atoms with E-state index in [1.807, 2.05) is 32.9 Å². The first-order chi connectivity index (χ1) is 18.6. The summed E-state index contributed by atoms with van der Waals surface area (Å²) in [4.78, 5) is 33.8. The Hall–Kier alpha value is -5.00. The van der Waals surface area contributed by atoms with Crippen molar-refractivity contribution in [3.8, 4) is 22.3 Å². The molecule has 0 aliphatic carbocycles. The molecule has 0 fully saturated rings. The van der Waals surface area contributed by atoms with Crippen LogP contribution < -0.4 is 5.73 Å². The highest BCUT2D eigenvalue weighted by Gasteiger charge is 2.20. The zero-order valence-corrected chi connectivity index (χ0v) is 23.2. The van der Waals surface area contributed by atoms with Gasteiger partial charge in [0.25, 0.3) is 5.69 Å². The van der Waals surface area contributed by atoms with Gasteiger partial charge in [-0.25, -0.2) is 9.59 Å². The number of hydrogen-bond donors (Lipinski definition) is 1. The summed E-state index contributed by atoms with van der Waals surface area (Å²) in [6.07, 6.45) is 5.22. The first kappa shape index (κ1) is 29.6. The first-order valence-electron chi connectivity index (χ1n) is 12.3. The molecule has 12 heteroatoms. The molecule has 2 aromatic heterocycles. The zero-order valence-electron chi connectivity index (χ0n) is 23.2. The van der Waals surface area contributed by atoms with Crippen LogP contribution in [0.4, 0.5) is 21.0 Å². The van der Waals surface area contributed by atoms with Crippen molar-refractivity contribution in [2.45, 2.75) is 52.7 Å². The third kappa shape index (κ3) is 8.51. The predicted octanol–water partition coefficient (Wildman–Crippen LogP) is 6.16. The molecular weight excluding hydrogens is 516 g/mol. The van der Waals surface area contributed by atoms with Crippen LogP contribution in [-0.4, -0.2) is 47.9 Å². The number of rotatable bonds is 3. The smallest absolute Gasteiger partial charge is 0.435 e. The van der Waals surface area contributed by atoms with Crippen LogP contribution in [0.15, 0.2) is 73.3 Å². The third-order valence-corrected chi connectivity index (χ3v) is 4.98. The van der Waals surface area contributed by atoms with E-state index < -0.39 is 28.3 Å². The summed E-state index contributed by atoms with van der Waals surface area (Å²) in [6, 6.07) is 13.4. The number of nitro groups is 1. The number of nitrogen functional groups attached to an aromatic ring is 1. The molecule has 2 N–H and O–H groups in total. The molecular formula is C28H32N6O6. The van der Waals surface area contributed by atoms with Crippen LogP contribution >= 0.6 is 0 Å². The molecule has 210 valence electrons. The van der Waals surface area contributed by atoms with Crippen LogP contribution in [0.1, 0.15) is 41.5 Å². The monoisotopic (exact) mass is 548 g/mol. The van der Waals surface area contributed by atoms with Gasteiger partial charge in [-0.3, -0.25) is 10.1 Å². The minimum atomic E-state index is -0.601. The van der Waals surface area contributed by atoms with Gasteiger partial charge in [-0.15, -0.1) is 0 Å². The minimum Gasteiger partial charge on any atom is -0.442 e. The molecule has 2 heterocycles. The number of nitro benzene ring substituents is 1. The van der Waals surface area contributed by atoms with E-state index in [-0.39, 0.29) is 5.69 Å². The van der Waals surface area contributed by atoms with Crippen LogP contribution in [0, 0.1) is 10.1 Å². The Balaban J connectivity index is 0.000000222. The van der Waals surface area contributed by atoms with Crippen LogP contribution in [0.25, 0.3) is 22.3 Å². The van der Waals surface area contributed by atoms with E-state index in [0.29, 0.717) is 11.3 Å². The average Bonchev–Trinajstić information content (AvgIpc) is 3.54. The number of non-ortho nitro benzene ring substituents is 1. The van der Waals surface area contributed by atoms with Crippen molar-refractivity contribution < 1.29 is 24.0 Å². The van der Waals surface area contributed by atoms with Gasteiger partial charge in [-0.05, 0) is 76.9 Å². The van der Waals surface area contributed by atoms with Crippen molar-refractivity contribution in [1.82, 2.24) is 19.6 Å². The number of aromatic nitrogens is 4. The number of carbonyl (C=O) groups excluding carboxylic acids is 2. The Bertz CT molecular complexity index is 1480. The molecule has 4 rings (SSSR count). The van der Waals surface area contributed by atoms with Gasteiger partial charge >= 0.3 is 12.2 Å². The van der Waals surface area contributed by atoms with Crippen LogP contribution in [-0.2, 0) is 9.47 Å². The number of benzene rings is 2. The summed E-state index contributed by atoms with van der Waals surface area (Å²) in [5.41, 5.74) is 8.40. The second-order valence-electron chi connectivity index (χ2n) is 10.7. The predicted molar refractivity (Wildman–Crippen MR) is 150 cm³/mol. The number of ether oxygens (including phenoxy) is 2. The van der Waals surface area contributed by atoms with Gasteiger partial charge in [0.05, 0.1) is 17.3 Å². The van der Waals surface area contributed by atoms with E-state index >= 15 is 0 Å². The van der Waals surface area contributed by atoms with Gasteiger partial charge < -0.3 is 15.2 Å². The van der Waals surface area contributed by atoms with Crippen molar-refractivity contribution in [3.05, 3.63) is 83.4 Å². The van der Waals surface area contributed by atoms with Gasteiger partial charge in [0.2, 0.25) is 0 Å². The lowest BCUT2D eigenvalue weighted by Crippen LogP contribution is -2.27. The van der Waals surface area contributed by atoms with Gasteiger partial charge in [0, 0.05) is 41.3 Å². The van der Waals surface area contributed by atoms with Crippen molar-refractivity contribution in [3.63, 3.8) is 0 Å². The number of hydrogen-bond acceptors (Lipinski definition) is 9. The molecule has 0 aliphatic rings. The van der Waals surface area contributed by atoms with Gasteiger partial charge in [-0.1, -0.05) is 12.1 Å².